The van der Waals surface area contributed by atoms with Crippen LogP contribution in [0.5, 0.6) is 0 Å². The van der Waals surface area contributed by atoms with Crippen LogP contribution in [0.15, 0.2) is 37.4 Å². The van der Waals surface area contributed by atoms with Gasteiger partial charge in [-0.25, -0.2) is 52.7 Å². The Morgan fingerprint density at radius 1 is 0.459 bits per heavy atom. The molecule has 0 aliphatic rings. The number of carbonyl (C=O) groups is 1. The molecule has 0 unspecified atom stereocenters. The zero-order valence-corrected chi connectivity index (χ0v) is 59.2. The smallest absolute Gasteiger partial charge is 1.00 e. The van der Waals surface area contributed by atoms with E-state index >= 15 is 0 Å². The summed E-state index contributed by atoms with van der Waals surface area (Å²) in [6.07, 6.45) is 44.1. The number of hydrogen-bond donors (Lipinski definition) is 0. The summed E-state index contributed by atoms with van der Waals surface area (Å²) in [5.41, 5.74) is 0. The molecular formula is C47H86Cl3F8K3N4O7S2. The average Bonchev–Trinajstić information content (AvgIpc) is 3.87. The van der Waals surface area contributed by atoms with Gasteiger partial charge in [-0.1, -0.05) is 168 Å². The minimum atomic E-state index is -6.23. The van der Waals surface area contributed by atoms with Gasteiger partial charge in [-0.3, -0.25) is 0 Å². The Labute approximate surface area is 587 Å². The van der Waals surface area contributed by atoms with Gasteiger partial charge in [0.2, 0.25) is 12.7 Å². The predicted octanol–water partition coefficient (Wildman–Crippen LogP) is -5.01. The number of aryl methyl sites for hydroxylation is 4. The molecular weight excluding hydrogens is 1170 g/mol. The largest absolute Gasteiger partial charge is 1.00 e. The van der Waals surface area contributed by atoms with E-state index in [1.54, 1.807) is 0 Å². The van der Waals surface area contributed by atoms with E-state index in [0.29, 0.717) is 0 Å². The second kappa shape index (κ2) is 60.7. The molecule has 11 nitrogen and oxygen atoms in total. The number of unbranched alkanes of at least 4 members (excludes halogenated alkanes) is 26. The van der Waals surface area contributed by atoms with Gasteiger partial charge in [0.25, 0.3) is 0 Å². The quantitative estimate of drug-likeness (QED) is 0.0224. The van der Waals surface area contributed by atoms with Crippen LogP contribution in [-0.2, 0) is 52.2 Å². The van der Waals surface area contributed by atoms with Crippen LogP contribution >= 0.6 is 0 Å². The Morgan fingerprint density at radius 3 is 0.757 bits per heavy atom. The van der Waals surface area contributed by atoms with E-state index in [1.807, 2.05) is 0 Å². The number of nitrogens with zero attached hydrogens (tertiary/aromatic N) is 4. The SMILES string of the molecule is CC(C)=O.CCCCCCCCCCCCCCCCn1cc[n+](C)c1.CCCCCCCCCCCCCCCCn1cc[n+](C)c1.O=S(=O)([O-])C(F)(F)C(F)F.O=S(=O)([O-])C(F)(F)C(F)F.[Cl-].[Cl-].[Cl-].[K+].[K+].[K+]. The maximum Gasteiger partial charge on any atom is 1.00 e. The maximum atomic E-state index is 11.4. The second-order valence-electron chi connectivity index (χ2n) is 17.4. The molecule has 74 heavy (non-hydrogen) atoms. The number of Topliss-reactive ketones (excluding diaryl/α,β-unsaturated/α-hetero) is 1. The van der Waals surface area contributed by atoms with E-state index in [-0.39, 0.29) is 197 Å². The fourth-order valence-electron chi connectivity index (χ4n) is 6.46. The molecule has 27 heteroatoms. The van der Waals surface area contributed by atoms with Crippen molar-refractivity contribution in [3.63, 3.8) is 0 Å². The number of rotatable bonds is 34. The van der Waals surface area contributed by atoms with E-state index < -0.39 is 43.6 Å². The van der Waals surface area contributed by atoms with Crippen LogP contribution in [0.25, 0.3) is 0 Å². The summed E-state index contributed by atoms with van der Waals surface area (Å²) in [6, 6.07) is 0. The molecule has 0 radical (unpaired) electrons. The van der Waals surface area contributed by atoms with Crippen LogP contribution in [0.3, 0.4) is 0 Å². The number of carbonyl (C=O) groups excluding carboxylic acids is 1. The first-order valence-electron chi connectivity index (χ1n) is 24.5. The third kappa shape index (κ3) is 59.7. The minimum absolute atomic E-state index is 0. The van der Waals surface area contributed by atoms with Gasteiger partial charge in [0.15, 0.2) is 20.2 Å². The first-order chi connectivity index (χ1) is 31.8. The zero-order chi connectivity index (χ0) is 52.5. The first kappa shape index (κ1) is 96.3. The third-order valence-electron chi connectivity index (χ3n) is 10.4. The van der Waals surface area contributed by atoms with Gasteiger partial charge in [-0.15, -0.1) is 0 Å². The summed E-state index contributed by atoms with van der Waals surface area (Å²) < 4.78 is 154. The molecule has 0 atom stereocenters. The molecule has 0 amide bonds. The van der Waals surface area contributed by atoms with Crippen molar-refractivity contribution in [1.82, 2.24) is 9.13 Å². The predicted molar refractivity (Wildman–Crippen MR) is 249 cm³/mol. The number of ketones is 1. The fourth-order valence-corrected chi connectivity index (χ4v) is 6.90. The fraction of sp³-hybridized carbons (Fsp3) is 0.851. The maximum absolute atomic E-state index is 11.4. The Morgan fingerprint density at radius 2 is 0.635 bits per heavy atom. The molecule has 0 spiro atoms. The van der Waals surface area contributed by atoms with Crippen molar-refractivity contribution in [1.29, 1.82) is 0 Å². The van der Waals surface area contributed by atoms with Crippen molar-refractivity contribution in [3.05, 3.63) is 37.4 Å². The topological polar surface area (TPSA) is 149 Å². The number of hydrogen-bond acceptors (Lipinski definition) is 7. The molecule has 0 saturated carbocycles. The molecule has 2 aromatic rings. The van der Waals surface area contributed by atoms with Crippen LogP contribution in [0.4, 0.5) is 35.1 Å². The van der Waals surface area contributed by atoms with Crippen LogP contribution in [0.1, 0.15) is 207 Å². The summed E-state index contributed by atoms with van der Waals surface area (Å²) >= 11 is 0. The molecule has 0 aliphatic carbocycles. The van der Waals surface area contributed by atoms with E-state index in [1.165, 1.54) is 207 Å². The van der Waals surface area contributed by atoms with Gasteiger partial charge >= 0.3 is 178 Å². The van der Waals surface area contributed by atoms with Crippen molar-refractivity contribution in [2.75, 3.05) is 0 Å². The van der Waals surface area contributed by atoms with Gasteiger partial charge in [0.05, 0.1) is 27.2 Å². The Kier molecular flexibility index (Phi) is 79.0. The number of aromatic nitrogens is 4. The molecule has 2 aromatic heterocycles. The molecule has 0 saturated heterocycles. The van der Waals surface area contributed by atoms with Crippen molar-refractivity contribution in [3.8, 4) is 0 Å². The van der Waals surface area contributed by atoms with Crippen LogP contribution in [-0.4, -0.2) is 64.2 Å². The number of imidazole rings is 2. The first-order valence-corrected chi connectivity index (χ1v) is 27.3. The zero-order valence-electron chi connectivity index (χ0n) is 46.0. The second-order valence-corrected chi connectivity index (χ2v) is 20.3. The molecule has 0 aliphatic heterocycles. The summed E-state index contributed by atoms with van der Waals surface area (Å²) in [5, 5.41) is -11.0. The summed E-state index contributed by atoms with van der Waals surface area (Å²) in [6.45, 7) is 10.00. The molecule has 0 aromatic carbocycles. The average molecular weight is 1260 g/mol. The number of halogens is 11. The molecule has 0 fully saturated rings. The van der Waals surface area contributed by atoms with Crippen molar-refractivity contribution >= 4 is 26.0 Å². The van der Waals surface area contributed by atoms with E-state index in [9.17, 15) is 65.9 Å². The van der Waals surface area contributed by atoms with Crippen molar-refractivity contribution < 1.29 is 266 Å². The van der Waals surface area contributed by atoms with Gasteiger partial charge in [-0.2, -0.15) is 17.6 Å². The molecule has 2 rings (SSSR count). The van der Waals surface area contributed by atoms with Gasteiger partial charge in [0.1, 0.15) is 30.6 Å². The standard InChI is InChI=1S/2C20H39N2.C3H6O.2C2H2F4O3S.3ClH.3K/c2*1-3-4-5-6-7-8-9-10-11-12-13-14-15-16-17-22-19-18-21(2)20-22;1-3(2)4;2*3-1(4)2(5,6)10(7,8)9;;;;;;/h2*18-20H,3-17H2,1-2H3;1-2H3;2*1H,(H,7,8,9);3*1H;;;/q2*+1;;;;;;;3*+1/p-5. The summed E-state index contributed by atoms with van der Waals surface area (Å²) in [5.74, 6) is 0.167. The van der Waals surface area contributed by atoms with Crippen LogP contribution in [0, 0.1) is 0 Å². The Balaban J connectivity index is -0.000000109. The van der Waals surface area contributed by atoms with Gasteiger partial charge < -0.3 is 51.1 Å². The van der Waals surface area contributed by atoms with Gasteiger partial charge in [0, 0.05) is 0 Å². The molecule has 428 valence electrons. The monoisotopic (exact) mass is 1260 g/mol. The van der Waals surface area contributed by atoms with Gasteiger partial charge in [-0.05, 0) is 39.5 Å². The van der Waals surface area contributed by atoms with Crippen LogP contribution in [0.2, 0.25) is 0 Å². The van der Waals surface area contributed by atoms with Crippen LogP contribution < -0.4 is 201 Å². The molecule has 0 bridgehead atoms. The number of alkyl halides is 8. The summed E-state index contributed by atoms with van der Waals surface area (Å²) in [7, 11) is -8.30. The summed E-state index contributed by atoms with van der Waals surface area (Å²) in [4.78, 5) is 9.44. The Bertz CT molecular complexity index is 1610. The van der Waals surface area contributed by atoms with E-state index in [2.05, 4.69) is 83.7 Å². The molecule has 0 N–H and O–H groups in total. The Hall–Kier alpha value is 3.13. The van der Waals surface area contributed by atoms with E-state index in [4.69, 9.17) is 0 Å². The minimum Gasteiger partial charge on any atom is -1.00 e. The van der Waals surface area contributed by atoms with E-state index in [0.717, 1.165) is 0 Å². The van der Waals surface area contributed by atoms with Crippen molar-refractivity contribution in [2.45, 2.75) is 244 Å². The molecule has 2 heterocycles. The third-order valence-corrected chi connectivity index (χ3v) is 12.1. The van der Waals surface area contributed by atoms with Crippen molar-refractivity contribution in [2.24, 2.45) is 14.1 Å². The normalized spacial score (nSPS) is 10.8.